The maximum atomic E-state index is 5.21. The number of aromatic nitrogens is 5. The number of nitrogens with zero attached hydrogens (tertiary/aromatic N) is 5. The Morgan fingerprint density at radius 2 is 1.12 bits per heavy atom. The van der Waals surface area contributed by atoms with Crippen LogP contribution in [0.25, 0.3) is 88.9 Å². The second kappa shape index (κ2) is 11.4. The summed E-state index contributed by atoms with van der Waals surface area (Å²) in [5.41, 5.74) is 12.7. The minimum Gasteiger partial charge on any atom is -0.308 e. The van der Waals surface area contributed by atoms with Crippen molar-refractivity contribution in [2.24, 2.45) is 0 Å². The second-order valence-electron chi connectivity index (χ2n) is 12.5. The summed E-state index contributed by atoms with van der Waals surface area (Å²) in [6.07, 6.45) is 3.86. The first kappa shape index (κ1) is 28.2. The van der Waals surface area contributed by atoms with E-state index in [2.05, 4.69) is 143 Å². The van der Waals surface area contributed by atoms with Gasteiger partial charge in [-0.3, -0.25) is 4.98 Å². The van der Waals surface area contributed by atoms with Gasteiger partial charge in [0.1, 0.15) is 0 Å². The molecule has 0 N–H and O–H groups in total. The lowest BCUT2D eigenvalue weighted by molar-refractivity contribution is 1.09. The fraction of sp³-hybridized carbons (Fsp3) is 0. The Balaban J connectivity index is 1.23. The molecule has 0 bridgehead atoms. The number of pyridine rings is 1. The van der Waals surface area contributed by atoms with Crippen LogP contribution in [0.4, 0.5) is 0 Å². The molecule has 50 heavy (non-hydrogen) atoms. The van der Waals surface area contributed by atoms with Gasteiger partial charge in [-0.15, -0.1) is 0 Å². The normalized spacial score (nSPS) is 11.6. The highest BCUT2D eigenvalue weighted by molar-refractivity contribution is 6.17. The summed E-state index contributed by atoms with van der Waals surface area (Å²) in [6.45, 7) is 0. The Morgan fingerprint density at radius 1 is 0.440 bits per heavy atom. The number of rotatable bonds is 5. The lowest BCUT2D eigenvalue weighted by atomic mass is 9.98. The molecule has 234 valence electrons. The van der Waals surface area contributed by atoms with E-state index >= 15 is 0 Å². The van der Waals surface area contributed by atoms with E-state index in [1.54, 1.807) is 0 Å². The van der Waals surface area contributed by atoms with Crippen LogP contribution in [0.5, 0.6) is 0 Å². The largest absolute Gasteiger partial charge is 0.308 e. The number of benzene rings is 6. The summed E-state index contributed by atoms with van der Waals surface area (Å²) in [7, 11) is 0. The molecule has 5 heteroatoms. The fourth-order valence-corrected chi connectivity index (χ4v) is 7.45. The molecule has 4 heterocycles. The van der Waals surface area contributed by atoms with Crippen LogP contribution in [0.1, 0.15) is 0 Å². The predicted molar refractivity (Wildman–Crippen MR) is 205 cm³/mol. The van der Waals surface area contributed by atoms with Crippen LogP contribution in [0.2, 0.25) is 0 Å². The van der Waals surface area contributed by atoms with Crippen molar-refractivity contribution in [3.63, 3.8) is 0 Å². The highest BCUT2D eigenvalue weighted by Crippen LogP contribution is 2.42. The van der Waals surface area contributed by atoms with Crippen molar-refractivity contribution in [3.8, 4) is 45.1 Å². The van der Waals surface area contributed by atoms with E-state index in [1.807, 2.05) is 42.7 Å². The third-order valence-electron chi connectivity index (χ3n) is 9.63. The molecule has 0 radical (unpaired) electrons. The van der Waals surface area contributed by atoms with Crippen LogP contribution in [-0.4, -0.2) is 24.1 Å². The molecule has 4 aromatic heterocycles. The average Bonchev–Trinajstić information content (AvgIpc) is 3.71. The predicted octanol–water partition coefficient (Wildman–Crippen LogP) is 11.1. The van der Waals surface area contributed by atoms with E-state index in [9.17, 15) is 0 Å². The monoisotopic (exact) mass is 639 g/mol. The van der Waals surface area contributed by atoms with Gasteiger partial charge in [0.05, 0.1) is 45.2 Å². The van der Waals surface area contributed by atoms with E-state index in [4.69, 9.17) is 15.0 Å². The Bertz CT molecular complexity index is 2850. The summed E-state index contributed by atoms with van der Waals surface area (Å²) in [4.78, 5) is 15.0. The molecular formula is C45H29N5. The van der Waals surface area contributed by atoms with E-state index in [-0.39, 0.29) is 0 Å². The van der Waals surface area contributed by atoms with Crippen molar-refractivity contribution in [1.82, 2.24) is 24.1 Å². The van der Waals surface area contributed by atoms with Gasteiger partial charge in [-0.2, -0.15) is 0 Å². The van der Waals surface area contributed by atoms with Crippen LogP contribution in [0.15, 0.2) is 176 Å². The third kappa shape index (κ3) is 4.37. The molecule has 5 nitrogen and oxygen atoms in total. The topological polar surface area (TPSA) is 48.5 Å². The van der Waals surface area contributed by atoms with Crippen molar-refractivity contribution in [2.75, 3.05) is 0 Å². The summed E-state index contributed by atoms with van der Waals surface area (Å²) in [5.74, 6) is 0.700. The first-order valence-electron chi connectivity index (χ1n) is 16.8. The summed E-state index contributed by atoms with van der Waals surface area (Å²) < 4.78 is 4.63. The van der Waals surface area contributed by atoms with Crippen molar-refractivity contribution >= 4 is 43.7 Å². The van der Waals surface area contributed by atoms with Gasteiger partial charge >= 0.3 is 0 Å². The van der Waals surface area contributed by atoms with Crippen molar-refractivity contribution < 1.29 is 0 Å². The Hall–Kier alpha value is -6.85. The first-order chi connectivity index (χ1) is 24.8. The molecule has 0 saturated carbocycles. The van der Waals surface area contributed by atoms with Gasteiger partial charge in [-0.25, -0.2) is 9.97 Å². The second-order valence-corrected chi connectivity index (χ2v) is 12.5. The van der Waals surface area contributed by atoms with Crippen molar-refractivity contribution in [3.05, 3.63) is 176 Å². The number of fused-ring (bicyclic) bond motifs is 6. The molecule has 0 aliphatic heterocycles. The van der Waals surface area contributed by atoms with Gasteiger partial charge in [-0.05, 0) is 59.7 Å². The van der Waals surface area contributed by atoms with Crippen LogP contribution in [-0.2, 0) is 0 Å². The molecular weight excluding hydrogens is 611 g/mol. The molecule has 0 aliphatic carbocycles. The minimum atomic E-state index is 0.700. The smallest absolute Gasteiger partial charge is 0.159 e. The average molecular weight is 640 g/mol. The Labute approximate surface area is 288 Å². The molecule has 0 saturated heterocycles. The van der Waals surface area contributed by atoms with Gasteiger partial charge in [0.15, 0.2) is 5.82 Å². The minimum absolute atomic E-state index is 0.700. The zero-order valence-electron chi connectivity index (χ0n) is 27.0. The van der Waals surface area contributed by atoms with Crippen molar-refractivity contribution in [2.45, 2.75) is 0 Å². The van der Waals surface area contributed by atoms with Gasteiger partial charge in [0.2, 0.25) is 0 Å². The van der Waals surface area contributed by atoms with E-state index in [0.29, 0.717) is 5.82 Å². The Morgan fingerprint density at radius 3 is 1.94 bits per heavy atom. The molecule has 0 fully saturated rings. The van der Waals surface area contributed by atoms with Crippen molar-refractivity contribution in [1.29, 1.82) is 0 Å². The zero-order chi connectivity index (χ0) is 33.0. The summed E-state index contributed by atoms with van der Waals surface area (Å²) in [5, 5.41) is 3.49. The number of hydrogen-bond acceptors (Lipinski definition) is 3. The first-order valence-corrected chi connectivity index (χ1v) is 16.8. The fourth-order valence-electron chi connectivity index (χ4n) is 7.45. The van der Waals surface area contributed by atoms with Crippen LogP contribution in [0, 0.1) is 0 Å². The standard InChI is InChI=1S/C45H29N5/c1-4-14-30(15-5-1)43-41(29-47-45(48-43)31-16-6-2-7-17-31)50-37-22-11-10-20-35(37)42-34(21-12-23-39(42)50)32-25-26-38-36(28-32)44-40(24-13-27-46-44)49(38)33-18-8-3-9-19-33/h1-29H. The van der Waals surface area contributed by atoms with Crippen LogP contribution >= 0.6 is 0 Å². The Kier molecular flexibility index (Phi) is 6.42. The molecule has 6 aromatic carbocycles. The molecule has 0 aliphatic rings. The zero-order valence-corrected chi connectivity index (χ0v) is 27.0. The van der Waals surface area contributed by atoms with Gasteiger partial charge in [0.25, 0.3) is 0 Å². The highest BCUT2D eigenvalue weighted by atomic mass is 15.0. The lowest BCUT2D eigenvalue weighted by Gasteiger charge is -2.14. The molecule has 10 aromatic rings. The van der Waals surface area contributed by atoms with E-state index in [0.717, 1.165) is 66.7 Å². The quantitative estimate of drug-likeness (QED) is 0.188. The van der Waals surface area contributed by atoms with E-state index < -0.39 is 0 Å². The number of hydrogen-bond donors (Lipinski definition) is 0. The SMILES string of the molecule is c1ccc(-c2ncc(-n3c4ccccc4c4c(-c5ccc6c(c5)c5ncccc5n6-c5ccccc5)cccc43)c(-c3ccccc3)n2)cc1. The maximum Gasteiger partial charge on any atom is 0.159 e. The van der Waals surface area contributed by atoms with Gasteiger partial charge in [0, 0.05) is 39.2 Å². The van der Waals surface area contributed by atoms with Gasteiger partial charge in [-0.1, -0.05) is 115 Å². The van der Waals surface area contributed by atoms with Crippen LogP contribution in [0.3, 0.4) is 0 Å². The lowest BCUT2D eigenvalue weighted by Crippen LogP contribution is -2.02. The maximum absolute atomic E-state index is 5.21. The summed E-state index contributed by atoms with van der Waals surface area (Å²) in [6, 6.07) is 57.3. The van der Waals surface area contributed by atoms with Crippen LogP contribution < -0.4 is 0 Å². The molecule has 0 atom stereocenters. The highest BCUT2D eigenvalue weighted by Gasteiger charge is 2.21. The molecule has 0 spiro atoms. The van der Waals surface area contributed by atoms with E-state index in [1.165, 1.54) is 16.3 Å². The third-order valence-corrected chi connectivity index (χ3v) is 9.63. The van der Waals surface area contributed by atoms with Gasteiger partial charge < -0.3 is 9.13 Å². The molecule has 0 unspecified atom stereocenters. The summed E-state index contributed by atoms with van der Waals surface area (Å²) >= 11 is 0. The molecule has 10 rings (SSSR count). The number of para-hydroxylation sites is 2. The molecule has 0 amide bonds.